The van der Waals surface area contributed by atoms with Gasteiger partial charge in [0.05, 0.1) is 28.0 Å². The van der Waals surface area contributed by atoms with Crippen LogP contribution in [0.4, 0.5) is 4.39 Å². The maximum Gasteiger partial charge on any atom is 0.123 e. The predicted molar refractivity (Wildman–Crippen MR) is 59.6 cm³/mol. The SMILES string of the molecule is N#CC1CCCC1S(=O)c1ccc(F)cc1. The van der Waals surface area contributed by atoms with E-state index in [0.717, 1.165) is 19.3 Å². The zero-order valence-electron chi connectivity index (χ0n) is 8.73. The Balaban J connectivity index is 2.19. The summed E-state index contributed by atoms with van der Waals surface area (Å²) in [4.78, 5) is 0.619. The van der Waals surface area contributed by atoms with Crippen LogP contribution in [0.1, 0.15) is 19.3 Å². The predicted octanol–water partition coefficient (Wildman–Crippen LogP) is 2.63. The van der Waals surface area contributed by atoms with Crippen molar-refractivity contribution in [1.82, 2.24) is 0 Å². The van der Waals surface area contributed by atoms with E-state index < -0.39 is 10.8 Å². The fourth-order valence-electron chi connectivity index (χ4n) is 2.07. The molecule has 0 amide bonds. The molecule has 0 radical (unpaired) electrons. The largest absolute Gasteiger partial charge is 0.254 e. The normalized spacial score (nSPS) is 26.2. The second kappa shape index (κ2) is 4.75. The summed E-state index contributed by atoms with van der Waals surface area (Å²) in [6, 6.07) is 7.91. The molecule has 84 valence electrons. The zero-order chi connectivity index (χ0) is 11.5. The Hall–Kier alpha value is -1.21. The Morgan fingerprint density at radius 3 is 2.62 bits per heavy atom. The molecule has 2 rings (SSSR count). The maximum atomic E-state index is 12.7. The van der Waals surface area contributed by atoms with Gasteiger partial charge in [-0.3, -0.25) is 4.21 Å². The Bertz CT molecular complexity index is 437. The summed E-state index contributed by atoms with van der Waals surface area (Å²) in [5.74, 6) is -0.449. The molecular formula is C12H12FNOS. The Kier molecular flexibility index (Phi) is 3.35. The molecule has 4 heteroatoms. The first-order valence-electron chi connectivity index (χ1n) is 5.28. The lowest BCUT2D eigenvalue weighted by molar-refractivity contribution is 0.625. The van der Waals surface area contributed by atoms with E-state index in [4.69, 9.17) is 5.26 Å². The van der Waals surface area contributed by atoms with Gasteiger partial charge < -0.3 is 0 Å². The highest BCUT2D eigenvalue weighted by atomic mass is 32.2. The second-order valence-electron chi connectivity index (χ2n) is 3.96. The molecule has 1 aliphatic carbocycles. The van der Waals surface area contributed by atoms with Crippen molar-refractivity contribution >= 4 is 10.8 Å². The quantitative estimate of drug-likeness (QED) is 0.793. The van der Waals surface area contributed by atoms with E-state index in [0.29, 0.717) is 4.90 Å². The minimum Gasteiger partial charge on any atom is -0.254 e. The fourth-order valence-corrected chi connectivity index (χ4v) is 3.70. The molecule has 0 saturated heterocycles. The number of nitrogens with zero attached hydrogens (tertiary/aromatic N) is 1. The van der Waals surface area contributed by atoms with Crippen LogP contribution in [0.25, 0.3) is 0 Å². The summed E-state index contributed by atoms with van der Waals surface area (Å²) in [7, 11) is -1.19. The van der Waals surface area contributed by atoms with E-state index in [-0.39, 0.29) is 17.0 Å². The van der Waals surface area contributed by atoms with Gasteiger partial charge in [0.15, 0.2) is 0 Å². The standard InChI is InChI=1S/C12H12FNOS/c13-10-4-6-11(7-5-10)16(15)12-3-1-2-9(12)8-14/h4-7,9,12H,1-3H2. The minimum atomic E-state index is -1.19. The van der Waals surface area contributed by atoms with Gasteiger partial charge in [0.2, 0.25) is 0 Å². The number of benzene rings is 1. The van der Waals surface area contributed by atoms with Gasteiger partial charge in [0.25, 0.3) is 0 Å². The zero-order valence-corrected chi connectivity index (χ0v) is 9.54. The van der Waals surface area contributed by atoms with E-state index in [9.17, 15) is 8.60 Å². The van der Waals surface area contributed by atoms with Crippen molar-refractivity contribution in [2.45, 2.75) is 29.4 Å². The monoisotopic (exact) mass is 237 g/mol. The van der Waals surface area contributed by atoms with Crippen LogP contribution in [0.3, 0.4) is 0 Å². The van der Waals surface area contributed by atoms with Gasteiger partial charge in [0, 0.05) is 4.90 Å². The van der Waals surface area contributed by atoms with Crippen molar-refractivity contribution < 1.29 is 8.60 Å². The molecule has 1 fully saturated rings. The van der Waals surface area contributed by atoms with E-state index in [1.54, 1.807) is 0 Å². The summed E-state index contributed by atoms with van der Waals surface area (Å²) in [6.45, 7) is 0. The molecule has 16 heavy (non-hydrogen) atoms. The summed E-state index contributed by atoms with van der Waals surface area (Å²) in [5.41, 5.74) is 0. The van der Waals surface area contributed by atoms with Crippen molar-refractivity contribution in [3.05, 3.63) is 30.1 Å². The van der Waals surface area contributed by atoms with Crippen molar-refractivity contribution in [1.29, 1.82) is 5.26 Å². The van der Waals surface area contributed by atoms with Gasteiger partial charge in [-0.1, -0.05) is 6.42 Å². The van der Waals surface area contributed by atoms with Crippen LogP contribution < -0.4 is 0 Å². The van der Waals surface area contributed by atoms with Gasteiger partial charge in [0.1, 0.15) is 5.82 Å². The number of rotatable bonds is 2. The first kappa shape index (κ1) is 11.3. The average Bonchev–Trinajstić information content (AvgIpc) is 2.77. The van der Waals surface area contributed by atoms with E-state index in [1.165, 1.54) is 24.3 Å². The van der Waals surface area contributed by atoms with E-state index in [1.807, 2.05) is 0 Å². The Labute approximate surface area is 96.5 Å². The molecule has 0 bridgehead atoms. The molecule has 0 aromatic heterocycles. The third kappa shape index (κ3) is 2.14. The van der Waals surface area contributed by atoms with Gasteiger partial charge >= 0.3 is 0 Å². The van der Waals surface area contributed by atoms with Crippen LogP contribution in [0.5, 0.6) is 0 Å². The highest BCUT2D eigenvalue weighted by molar-refractivity contribution is 7.85. The van der Waals surface area contributed by atoms with Crippen LogP contribution in [0, 0.1) is 23.1 Å². The first-order valence-corrected chi connectivity index (χ1v) is 6.49. The van der Waals surface area contributed by atoms with Crippen LogP contribution >= 0.6 is 0 Å². The first-order chi connectivity index (χ1) is 7.72. The Morgan fingerprint density at radius 1 is 1.31 bits per heavy atom. The smallest absolute Gasteiger partial charge is 0.123 e. The van der Waals surface area contributed by atoms with Crippen LogP contribution in [-0.4, -0.2) is 9.46 Å². The molecule has 2 nitrogen and oxygen atoms in total. The molecule has 1 aromatic rings. The second-order valence-corrected chi connectivity index (χ2v) is 5.63. The highest BCUT2D eigenvalue weighted by Gasteiger charge is 2.32. The molecular weight excluding hydrogens is 225 g/mol. The van der Waals surface area contributed by atoms with Crippen molar-refractivity contribution in [3.8, 4) is 6.07 Å². The molecule has 1 aliphatic rings. The molecule has 1 saturated carbocycles. The average molecular weight is 237 g/mol. The summed E-state index contributed by atoms with van der Waals surface area (Å²) in [5, 5.41) is 8.84. The number of halogens is 1. The lowest BCUT2D eigenvalue weighted by Crippen LogP contribution is -2.19. The van der Waals surface area contributed by atoms with Crippen molar-refractivity contribution in [3.63, 3.8) is 0 Å². The number of hydrogen-bond donors (Lipinski definition) is 0. The molecule has 0 heterocycles. The highest BCUT2D eigenvalue weighted by Crippen LogP contribution is 2.31. The molecule has 3 atom stereocenters. The number of nitriles is 1. The number of hydrogen-bond acceptors (Lipinski definition) is 2. The molecule has 0 spiro atoms. The maximum absolute atomic E-state index is 12.7. The van der Waals surface area contributed by atoms with Gasteiger partial charge in [-0.2, -0.15) is 5.26 Å². The van der Waals surface area contributed by atoms with Crippen molar-refractivity contribution in [2.24, 2.45) is 5.92 Å². The molecule has 0 aliphatic heterocycles. The van der Waals surface area contributed by atoms with Crippen LogP contribution in [0.15, 0.2) is 29.2 Å². The molecule has 0 N–H and O–H groups in total. The minimum absolute atomic E-state index is 0.0875. The summed E-state index contributed by atoms with van der Waals surface area (Å²) < 4.78 is 24.9. The van der Waals surface area contributed by atoms with E-state index >= 15 is 0 Å². The summed E-state index contributed by atoms with van der Waals surface area (Å²) >= 11 is 0. The fraction of sp³-hybridized carbons (Fsp3) is 0.417. The lowest BCUT2D eigenvalue weighted by atomic mass is 10.1. The third-order valence-corrected chi connectivity index (χ3v) is 4.79. The van der Waals surface area contributed by atoms with Gasteiger partial charge in [-0.15, -0.1) is 0 Å². The Morgan fingerprint density at radius 2 is 2.00 bits per heavy atom. The molecule has 1 aromatic carbocycles. The third-order valence-electron chi connectivity index (χ3n) is 2.94. The topological polar surface area (TPSA) is 40.9 Å². The van der Waals surface area contributed by atoms with Crippen LogP contribution in [0.2, 0.25) is 0 Å². The van der Waals surface area contributed by atoms with Crippen LogP contribution in [-0.2, 0) is 10.8 Å². The molecule has 3 unspecified atom stereocenters. The van der Waals surface area contributed by atoms with Gasteiger partial charge in [-0.05, 0) is 37.1 Å². The van der Waals surface area contributed by atoms with Crippen molar-refractivity contribution in [2.75, 3.05) is 0 Å². The van der Waals surface area contributed by atoms with E-state index in [2.05, 4.69) is 6.07 Å². The lowest BCUT2D eigenvalue weighted by Gasteiger charge is -2.12. The summed E-state index contributed by atoms with van der Waals surface area (Å²) in [6.07, 6.45) is 2.60. The van der Waals surface area contributed by atoms with Gasteiger partial charge in [-0.25, -0.2) is 4.39 Å².